The van der Waals surface area contributed by atoms with Crippen molar-refractivity contribution in [2.24, 2.45) is 16.7 Å². The number of carbonyl (C=O) groups excluding carboxylic acids is 2. The van der Waals surface area contributed by atoms with E-state index >= 15 is 0 Å². The SMILES string of the molecule is CC(=O)NCC(C)(C)COCC(C)(C)CNC(=O)CCC(NN)C(=O)O. The minimum absolute atomic E-state index is 0.0713. The number of hydrogen-bond donors (Lipinski definition) is 5. The van der Waals surface area contributed by atoms with Crippen LogP contribution in [0.25, 0.3) is 0 Å². The third kappa shape index (κ3) is 11.8. The summed E-state index contributed by atoms with van der Waals surface area (Å²) in [6.45, 7) is 11.3. The Morgan fingerprint density at radius 1 is 1.04 bits per heavy atom. The lowest BCUT2D eigenvalue weighted by Crippen LogP contribution is -2.43. The van der Waals surface area contributed by atoms with E-state index in [2.05, 4.69) is 16.1 Å². The van der Waals surface area contributed by atoms with Gasteiger partial charge in [-0.1, -0.05) is 27.7 Å². The Morgan fingerprint density at radius 2 is 1.54 bits per heavy atom. The fourth-order valence-electron chi connectivity index (χ4n) is 2.05. The fraction of sp³-hybridized carbons (Fsp3) is 0.824. The molecule has 0 aromatic heterocycles. The summed E-state index contributed by atoms with van der Waals surface area (Å²) in [7, 11) is 0. The molecule has 1 atom stereocenters. The molecule has 0 radical (unpaired) electrons. The summed E-state index contributed by atoms with van der Waals surface area (Å²) in [6, 6.07) is -0.942. The van der Waals surface area contributed by atoms with Crippen molar-refractivity contribution in [1.29, 1.82) is 0 Å². The zero-order valence-corrected chi connectivity index (χ0v) is 16.5. The first-order valence-corrected chi connectivity index (χ1v) is 8.66. The second kappa shape index (κ2) is 11.1. The predicted molar refractivity (Wildman–Crippen MR) is 98.1 cm³/mol. The van der Waals surface area contributed by atoms with Gasteiger partial charge in [0, 0.05) is 37.3 Å². The molecule has 0 aromatic rings. The largest absolute Gasteiger partial charge is 0.480 e. The van der Waals surface area contributed by atoms with Crippen LogP contribution in [0, 0.1) is 10.8 Å². The van der Waals surface area contributed by atoms with Crippen molar-refractivity contribution in [2.75, 3.05) is 26.3 Å². The van der Waals surface area contributed by atoms with Crippen LogP contribution in [0.3, 0.4) is 0 Å². The monoisotopic (exact) mass is 374 g/mol. The Morgan fingerprint density at radius 3 is 1.96 bits per heavy atom. The molecule has 0 aliphatic rings. The topological polar surface area (TPSA) is 143 Å². The van der Waals surface area contributed by atoms with E-state index in [-0.39, 0.29) is 35.5 Å². The van der Waals surface area contributed by atoms with Crippen LogP contribution in [0.1, 0.15) is 47.5 Å². The van der Waals surface area contributed by atoms with Crippen LogP contribution in [0.4, 0.5) is 0 Å². The third-order valence-corrected chi connectivity index (χ3v) is 3.72. The number of carbonyl (C=O) groups is 3. The highest BCUT2D eigenvalue weighted by molar-refractivity contribution is 5.78. The molecule has 6 N–H and O–H groups in total. The van der Waals surface area contributed by atoms with Gasteiger partial charge in [0.25, 0.3) is 0 Å². The van der Waals surface area contributed by atoms with Crippen molar-refractivity contribution in [2.45, 2.75) is 53.5 Å². The van der Waals surface area contributed by atoms with Crippen LogP contribution in [-0.2, 0) is 19.1 Å². The summed E-state index contributed by atoms with van der Waals surface area (Å²) >= 11 is 0. The highest BCUT2D eigenvalue weighted by Gasteiger charge is 2.24. The van der Waals surface area contributed by atoms with Gasteiger partial charge in [-0.25, -0.2) is 5.43 Å². The maximum absolute atomic E-state index is 11.9. The number of aliphatic carboxylic acids is 1. The highest BCUT2D eigenvalue weighted by atomic mass is 16.5. The number of hydrogen-bond acceptors (Lipinski definition) is 6. The van der Waals surface area contributed by atoms with E-state index in [4.69, 9.17) is 15.7 Å². The highest BCUT2D eigenvalue weighted by Crippen LogP contribution is 2.19. The first-order chi connectivity index (χ1) is 11.9. The number of carboxylic acids is 1. The first-order valence-electron chi connectivity index (χ1n) is 8.66. The zero-order chi connectivity index (χ0) is 20.4. The van der Waals surface area contributed by atoms with Gasteiger partial charge in [-0.2, -0.15) is 0 Å². The summed E-state index contributed by atoms with van der Waals surface area (Å²) in [5.74, 6) is 3.74. The molecule has 0 spiro atoms. The Kier molecular flexibility index (Phi) is 10.4. The van der Waals surface area contributed by atoms with Gasteiger partial charge < -0.3 is 20.5 Å². The van der Waals surface area contributed by atoms with E-state index in [0.717, 1.165) is 0 Å². The van der Waals surface area contributed by atoms with E-state index in [1.165, 1.54) is 6.92 Å². The number of rotatable bonds is 13. The molecule has 9 heteroatoms. The van der Waals surface area contributed by atoms with Gasteiger partial charge in [-0.15, -0.1) is 0 Å². The molecule has 152 valence electrons. The molecule has 0 saturated heterocycles. The van der Waals surface area contributed by atoms with Crippen LogP contribution in [0.5, 0.6) is 0 Å². The molecule has 1 unspecified atom stereocenters. The Bertz CT molecular complexity index is 480. The predicted octanol–water partition coefficient (Wildman–Crippen LogP) is 0.00440. The van der Waals surface area contributed by atoms with Crippen molar-refractivity contribution < 1.29 is 24.2 Å². The van der Waals surface area contributed by atoms with E-state index < -0.39 is 12.0 Å². The van der Waals surface area contributed by atoms with Crippen LogP contribution >= 0.6 is 0 Å². The summed E-state index contributed by atoms with van der Waals surface area (Å²) in [4.78, 5) is 33.7. The number of carboxylic acid groups (broad SMARTS) is 1. The standard InChI is InChI=1S/C17H34N4O5/c1-12(22)19-8-16(2,3)10-26-11-17(4,5)9-20-14(23)7-6-13(21-18)15(24)25/h13,21H,6-11,18H2,1-5H3,(H,19,22)(H,20,23)(H,24,25). The van der Waals surface area contributed by atoms with Gasteiger partial charge in [0.2, 0.25) is 11.8 Å². The average Bonchev–Trinajstić information content (AvgIpc) is 2.51. The van der Waals surface area contributed by atoms with Gasteiger partial charge in [-0.3, -0.25) is 20.2 Å². The quantitative estimate of drug-likeness (QED) is 0.226. The normalized spacial score (nSPS) is 13.2. The van der Waals surface area contributed by atoms with Gasteiger partial charge in [0.15, 0.2) is 0 Å². The number of nitrogens with two attached hydrogens (primary N) is 1. The summed E-state index contributed by atoms with van der Waals surface area (Å²) in [5, 5.41) is 14.4. The Labute approximate surface area is 155 Å². The van der Waals surface area contributed by atoms with Crippen LogP contribution in [0.2, 0.25) is 0 Å². The molecule has 0 heterocycles. The minimum Gasteiger partial charge on any atom is -0.480 e. The van der Waals surface area contributed by atoms with E-state index in [0.29, 0.717) is 26.3 Å². The van der Waals surface area contributed by atoms with Gasteiger partial charge >= 0.3 is 5.97 Å². The van der Waals surface area contributed by atoms with E-state index in [1.54, 1.807) is 0 Å². The Balaban J connectivity index is 4.15. The van der Waals surface area contributed by atoms with Crippen molar-refractivity contribution in [1.82, 2.24) is 16.1 Å². The maximum atomic E-state index is 11.9. The molecular weight excluding hydrogens is 340 g/mol. The molecule has 0 rings (SSSR count). The lowest BCUT2D eigenvalue weighted by molar-refractivity contribution is -0.139. The molecule has 2 amide bonds. The molecule has 0 aliphatic carbocycles. The number of ether oxygens (including phenoxy) is 1. The van der Waals surface area contributed by atoms with Crippen LogP contribution in [0.15, 0.2) is 0 Å². The van der Waals surface area contributed by atoms with Gasteiger partial charge in [0.1, 0.15) is 6.04 Å². The van der Waals surface area contributed by atoms with Gasteiger partial charge in [0.05, 0.1) is 13.2 Å². The molecule has 0 aliphatic heterocycles. The van der Waals surface area contributed by atoms with Gasteiger partial charge in [-0.05, 0) is 6.42 Å². The average molecular weight is 374 g/mol. The number of hydrazine groups is 1. The molecular formula is C17H34N4O5. The third-order valence-electron chi connectivity index (χ3n) is 3.72. The second-order valence-corrected chi connectivity index (χ2v) is 8.10. The molecule has 0 bridgehead atoms. The fourth-order valence-corrected chi connectivity index (χ4v) is 2.05. The number of nitrogens with one attached hydrogen (secondary N) is 3. The lowest BCUT2D eigenvalue weighted by atomic mass is 9.93. The minimum atomic E-state index is -1.09. The zero-order valence-electron chi connectivity index (χ0n) is 16.5. The van der Waals surface area contributed by atoms with Crippen molar-refractivity contribution in [3.8, 4) is 0 Å². The van der Waals surface area contributed by atoms with Crippen LogP contribution < -0.4 is 21.9 Å². The molecule has 0 saturated carbocycles. The summed E-state index contributed by atoms with van der Waals surface area (Å²) in [6.07, 6.45) is 0.188. The van der Waals surface area contributed by atoms with Crippen LogP contribution in [-0.4, -0.2) is 55.2 Å². The van der Waals surface area contributed by atoms with Crippen molar-refractivity contribution in [3.05, 3.63) is 0 Å². The molecule has 0 fully saturated rings. The van der Waals surface area contributed by atoms with Crippen molar-refractivity contribution >= 4 is 17.8 Å². The molecule has 0 aromatic carbocycles. The lowest BCUT2D eigenvalue weighted by Gasteiger charge is -2.29. The smallest absolute Gasteiger partial charge is 0.322 e. The van der Waals surface area contributed by atoms with E-state index in [9.17, 15) is 14.4 Å². The molecule has 9 nitrogen and oxygen atoms in total. The first kappa shape index (κ1) is 24.3. The number of amides is 2. The van der Waals surface area contributed by atoms with E-state index in [1.807, 2.05) is 27.7 Å². The summed E-state index contributed by atoms with van der Waals surface area (Å²) < 4.78 is 5.77. The Hall–Kier alpha value is -1.71. The van der Waals surface area contributed by atoms with Crippen molar-refractivity contribution in [3.63, 3.8) is 0 Å². The maximum Gasteiger partial charge on any atom is 0.322 e. The molecule has 26 heavy (non-hydrogen) atoms. The second-order valence-electron chi connectivity index (χ2n) is 8.10. The summed E-state index contributed by atoms with van der Waals surface area (Å²) in [5.41, 5.74) is 1.69.